The van der Waals surface area contributed by atoms with Crippen LogP contribution in [0.15, 0.2) is 0 Å². The Bertz CT molecular complexity index is 432. The molecule has 2 fully saturated rings. The topological polar surface area (TPSA) is 105 Å². The second kappa shape index (κ2) is 6.30. The van der Waals surface area contributed by atoms with Gasteiger partial charge < -0.3 is 24.8 Å². The summed E-state index contributed by atoms with van der Waals surface area (Å²) < 4.78 is 9.81. The van der Waals surface area contributed by atoms with Crippen LogP contribution in [0.4, 0.5) is 4.79 Å². The normalized spacial score (nSPS) is 29.0. The van der Waals surface area contributed by atoms with Crippen LogP contribution in [-0.2, 0) is 19.1 Å². The summed E-state index contributed by atoms with van der Waals surface area (Å²) in [4.78, 5) is 36.9. The molecule has 21 heavy (non-hydrogen) atoms. The average molecular weight is 300 g/mol. The highest BCUT2D eigenvalue weighted by Crippen LogP contribution is 2.22. The number of aliphatic carboxylic acids is 1. The van der Waals surface area contributed by atoms with E-state index in [4.69, 9.17) is 9.47 Å². The van der Waals surface area contributed by atoms with Crippen molar-refractivity contribution in [2.24, 2.45) is 0 Å². The third-order valence-electron chi connectivity index (χ3n) is 4.01. The summed E-state index contributed by atoms with van der Waals surface area (Å²) in [5.41, 5.74) is -1.41. The highest BCUT2D eigenvalue weighted by atomic mass is 16.5. The first kappa shape index (κ1) is 15.6. The van der Waals surface area contributed by atoms with Crippen molar-refractivity contribution in [3.63, 3.8) is 0 Å². The second-order valence-electron chi connectivity index (χ2n) is 5.35. The first-order valence-corrected chi connectivity index (χ1v) is 6.98. The van der Waals surface area contributed by atoms with Crippen molar-refractivity contribution >= 4 is 18.0 Å². The fourth-order valence-corrected chi connectivity index (χ4v) is 2.72. The van der Waals surface area contributed by atoms with E-state index < -0.39 is 29.6 Å². The van der Waals surface area contributed by atoms with Gasteiger partial charge in [-0.05, 0) is 19.3 Å². The van der Waals surface area contributed by atoms with Crippen molar-refractivity contribution in [2.45, 2.75) is 37.3 Å². The van der Waals surface area contributed by atoms with E-state index in [2.05, 4.69) is 5.32 Å². The minimum absolute atomic E-state index is 0.0647. The molecule has 2 aliphatic heterocycles. The van der Waals surface area contributed by atoms with Crippen molar-refractivity contribution in [2.75, 3.05) is 26.9 Å². The molecule has 0 radical (unpaired) electrons. The number of esters is 1. The van der Waals surface area contributed by atoms with Crippen molar-refractivity contribution in [3.8, 4) is 0 Å². The molecule has 0 bridgehead atoms. The van der Waals surface area contributed by atoms with Gasteiger partial charge in [0.25, 0.3) is 0 Å². The number of ether oxygens (including phenoxy) is 2. The largest absolute Gasteiger partial charge is 0.479 e. The van der Waals surface area contributed by atoms with Crippen molar-refractivity contribution in [3.05, 3.63) is 0 Å². The van der Waals surface area contributed by atoms with E-state index in [-0.39, 0.29) is 19.6 Å². The number of carbonyl (C=O) groups is 3. The van der Waals surface area contributed by atoms with Crippen LogP contribution in [0.5, 0.6) is 0 Å². The molecule has 2 saturated heterocycles. The zero-order valence-corrected chi connectivity index (χ0v) is 12.0. The molecule has 2 atom stereocenters. The lowest BCUT2D eigenvalue weighted by Gasteiger charge is -2.36. The van der Waals surface area contributed by atoms with Gasteiger partial charge in [-0.25, -0.2) is 14.4 Å². The van der Waals surface area contributed by atoms with Crippen molar-refractivity contribution in [1.29, 1.82) is 0 Å². The molecule has 118 valence electrons. The van der Waals surface area contributed by atoms with E-state index in [1.165, 1.54) is 12.0 Å². The van der Waals surface area contributed by atoms with Gasteiger partial charge in [0.2, 0.25) is 0 Å². The van der Waals surface area contributed by atoms with Crippen molar-refractivity contribution in [1.82, 2.24) is 10.2 Å². The van der Waals surface area contributed by atoms with Gasteiger partial charge in [-0.1, -0.05) is 0 Å². The molecule has 2 unspecified atom stereocenters. The molecule has 2 amide bonds. The third kappa shape index (κ3) is 3.10. The average Bonchev–Trinajstić information content (AvgIpc) is 2.96. The lowest BCUT2D eigenvalue weighted by Crippen LogP contribution is -2.61. The number of urea groups is 1. The Morgan fingerprint density at radius 1 is 1.38 bits per heavy atom. The van der Waals surface area contributed by atoms with E-state index in [0.717, 1.165) is 12.8 Å². The fourth-order valence-electron chi connectivity index (χ4n) is 2.72. The molecule has 0 aromatic heterocycles. The highest BCUT2D eigenvalue weighted by molar-refractivity contribution is 5.89. The number of piperidine rings is 1. The minimum Gasteiger partial charge on any atom is -0.479 e. The predicted octanol–water partition coefficient (Wildman–Crippen LogP) is -0.0328. The molecular formula is C13H20N2O6. The van der Waals surface area contributed by atoms with Crippen LogP contribution in [0.3, 0.4) is 0 Å². The molecule has 2 heterocycles. The maximum atomic E-state index is 12.4. The summed E-state index contributed by atoms with van der Waals surface area (Å²) in [7, 11) is 1.27. The molecule has 2 rings (SSSR count). The van der Waals surface area contributed by atoms with Gasteiger partial charge in [0, 0.05) is 19.6 Å². The predicted molar refractivity (Wildman–Crippen MR) is 70.7 cm³/mol. The number of amides is 2. The second-order valence-corrected chi connectivity index (χ2v) is 5.35. The van der Waals surface area contributed by atoms with E-state index in [0.29, 0.717) is 13.0 Å². The molecule has 0 spiro atoms. The number of hydrogen-bond acceptors (Lipinski definition) is 5. The summed E-state index contributed by atoms with van der Waals surface area (Å²) in [6.07, 6.45) is 2.34. The minimum atomic E-state index is -1.41. The Morgan fingerprint density at radius 2 is 2.14 bits per heavy atom. The number of hydrogen-bond donors (Lipinski definition) is 2. The Balaban J connectivity index is 2.10. The number of nitrogens with one attached hydrogen (secondary N) is 1. The SMILES string of the molecule is COC(=O)C1CCCCN1C(=O)NC1(C(=O)O)CCOC1. The van der Waals surface area contributed by atoms with Gasteiger partial charge in [-0.3, -0.25) is 0 Å². The summed E-state index contributed by atoms with van der Waals surface area (Å²) >= 11 is 0. The number of likely N-dealkylation sites (tertiary alicyclic amines) is 1. The summed E-state index contributed by atoms with van der Waals surface area (Å²) in [5.74, 6) is -1.60. The van der Waals surface area contributed by atoms with E-state index in [9.17, 15) is 19.5 Å². The lowest BCUT2D eigenvalue weighted by atomic mass is 9.98. The molecule has 0 aromatic carbocycles. The van der Waals surface area contributed by atoms with Crippen LogP contribution >= 0.6 is 0 Å². The zero-order chi connectivity index (χ0) is 15.5. The highest BCUT2D eigenvalue weighted by Gasteiger charge is 2.46. The number of carboxylic acids is 1. The molecule has 0 aromatic rings. The summed E-state index contributed by atoms with van der Waals surface area (Å²) in [6.45, 7) is 0.625. The van der Waals surface area contributed by atoms with Crippen LogP contribution in [-0.4, -0.2) is 66.4 Å². The van der Waals surface area contributed by atoms with Gasteiger partial charge in [0.15, 0.2) is 5.54 Å². The number of carboxylic acid groups (broad SMARTS) is 1. The Morgan fingerprint density at radius 3 is 2.71 bits per heavy atom. The zero-order valence-electron chi connectivity index (χ0n) is 12.0. The van der Waals surface area contributed by atoms with Gasteiger partial charge in [0.1, 0.15) is 6.04 Å². The first-order chi connectivity index (χ1) is 10.00. The quantitative estimate of drug-likeness (QED) is 0.709. The van der Waals surface area contributed by atoms with Crippen LogP contribution in [0.25, 0.3) is 0 Å². The van der Waals surface area contributed by atoms with Gasteiger partial charge >= 0.3 is 18.0 Å². The smallest absolute Gasteiger partial charge is 0.332 e. The molecule has 2 aliphatic rings. The van der Waals surface area contributed by atoms with Crippen molar-refractivity contribution < 1.29 is 29.0 Å². The monoisotopic (exact) mass is 300 g/mol. The maximum Gasteiger partial charge on any atom is 0.332 e. The Hall–Kier alpha value is -1.83. The number of methoxy groups -OCH3 is 1. The Labute approximate surface area is 122 Å². The molecule has 0 saturated carbocycles. The van der Waals surface area contributed by atoms with E-state index in [1.54, 1.807) is 0 Å². The Kier molecular flexibility index (Phi) is 4.66. The van der Waals surface area contributed by atoms with Gasteiger partial charge in [0.05, 0.1) is 13.7 Å². The molecule has 8 heteroatoms. The van der Waals surface area contributed by atoms with Crippen LogP contribution in [0.2, 0.25) is 0 Å². The molecular weight excluding hydrogens is 280 g/mol. The molecule has 2 N–H and O–H groups in total. The number of nitrogens with zero attached hydrogens (tertiary/aromatic N) is 1. The summed E-state index contributed by atoms with van der Waals surface area (Å²) in [5, 5.41) is 11.9. The van der Waals surface area contributed by atoms with Gasteiger partial charge in [-0.15, -0.1) is 0 Å². The molecule has 0 aliphatic carbocycles. The third-order valence-corrected chi connectivity index (χ3v) is 4.01. The van der Waals surface area contributed by atoms with Crippen LogP contribution in [0, 0.1) is 0 Å². The van der Waals surface area contributed by atoms with E-state index in [1.807, 2.05) is 0 Å². The number of carbonyl (C=O) groups excluding carboxylic acids is 2. The lowest BCUT2D eigenvalue weighted by molar-refractivity contribution is -0.147. The van der Waals surface area contributed by atoms with E-state index >= 15 is 0 Å². The van der Waals surface area contributed by atoms with Crippen LogP contribution < -0.4 is 5.32 Å². The number of rotatable bonds is 3. The maximum absolute atomic E-state index is 12.4. The first-order valence-electron chi connectivity index (χ1n) is 6.98. The molecule has 8 nitrogen and oxygen atoms in total. The summed E-state index contributed by atoms with van der Waals surface area (Å²) in [6, 6.07) is -1.21. The fraction of sp³-hybridized carbons (Fsp3) is 0.769. The van der Waals surface area contributed by atoms with Gasteiger partial charge in [-0.2, -0.15) is 0 Å². The van der Waals surface area contributed by atoms with Crippen LogP contribution in [0.1, 0.15) is 25.7 Å². The standard InChI is InChI=1S/C13H20N2O6/c1-20-10(16)9-4-2-3-6-15(9)12(19)14-13(11(17)18)5-7-21-8-13/h9H,2-8H2,1H3,(H,14,19)(H,17,18).